The van der Waals surface area contributed by atoms with Crippen LogP contribution < -0.4 is 0 Å². The molecule has 0 unspecified atom stereocenters. The molecule has 0 aromatic carbocycles. The molecule has 5 heteroatoms. The minimum atomic E-state index is -0.814. The van der Waals surface area contributed by atoms with Gasteiger partial charge in [0.25, 0.3) is 0 Å². The number of nitrogens with zero attached hydrogens (tertiary/aromatic N) is 2. The Balaban J connectivity index is 2.34. The van der Waals surface area contributed by atoms with Crippen molar-refractivity contribution in [3.05, 3.63) is 0 Å². The molecule has 5 nitrogen and oxygen atoms in total. The number of carbonyl (C=O) groups is 2. The third kappa shape index (κ3) is 2.84. The Kier molecular flexibility index (Phi) is 3.55. The summed E-state index contributed by atoms with van der Waals surface area (Å²) in [5.74, 6) is -0.762. The van der Waals surface area contributed by atoms with E-state index in [0.29, 0.717) is 25.6 Å². The van der Waals surface area contributed by atoms with Gasteiger partial charge in [-0.05, 0) is 5.92 Å². The maximum atomic E-state index is 11.7. The Morgan fingerprint density at radius 2 is 2.00 bits per heavy atom. The Bertz CT molecular complexity index is 259. The second-order valence-electron chi connectivity index (χ2n) is 4.50. The van der Waals surface area contributed by atoms with Gasteiger partial charge in [-0.1, -0.05) is 13.8 Å². The molecule has 2 amide bonds. The molecular formula is C10H18N2O3. The second kappa shape index (κ2) is 4.51. The largest absolute Gasteiger partial charge is 0.481 e. The van der Waals surface area contributed by atoms with Crippen LogP contribution in [0.25, 0.3) is 0 Å². The molecule has 0 saturated carbocycles. The average molecular weight is 214 g/mol. The van der Waals surface area contributed by atoms with E-state index in [2.05, 4.69) is 0 Å². The first-order chi connectivity index (χ1) is 6.91. The van der Waals surface area contributed by atoms with Crippen LogP contribution in [0.15, 0.2) is 0 Å². The fourth-order valence-corrected chi connectivity index (χ4v) is 1.66. The fourth-order valence-electron chi connectivity index (χ4n) is 1.66. The monoisotopic (exact) mass is 214 g/mol. The van der Waals surface area contributed by atoms with E-state index >= 15 is 0 Å². The van der Waals surface area contributed by atoms with Gasteiger partial charge in [0.05, 0.1) is 5.92 Å². The molecule has 0 radical (unpaired) electrons. The normalized spacial score (nSPS) is 16.4. The highest BCUT2D eigenvalue weighted by molar-refractivity contribution is 5.79. The van der Waals surface area contributed by atoms with Gasteiger partial charge in [0.1, 0.15) is 0 Å². The lowest BCUT2D eigenvalue weighted by atomic mass is 10.0. The Morgan fingerprint density at radius 3 is 2.40 bits per heavy atom. The summed E-state index contributed by atoms with van der Waals surface area (Å²) in [6.07, 6.45) is 0. The number of carboxylic acid groups (broad SMARTS) is 1. The lowest BCUT2D eigenvalue weighted by Crippen LogP contribution is -2.56. The number of carboxylic acids is 1. The molecule has 15 heavy (non-hydrogen) atoms. The summed E-state index contributed by atoms with van der Waals surface area (Å²) < 4.78 is 0. The number of hydrogen-bond acceptors (Lipinski definition) is 2. The summed E-state index contributed by atoms with van der Waals surface area (Å²) >= 11 is 0. The third-order valence-corrected chi connectivity index (χ3v) is 2.47. The van der Waals surface area contributed by atoms with Gasteiger partial charge in [-0.25, -0.2) is 4.79 Å². The predicted octanol–water partition coefficient (Wildman–Crippen LogP) is 0.711. The van der Waals surface area contributed by atoms with Crippen molar-refractivity contribution in [3.63, 3.8) is 0 Å². The molecule has 1 heterocycles. The Hall–Kier alpha value is -1.26. The van der Waals surface area contributed by atoms with Crippen LogP contribution in [0.4, 0.5) is 4.79 Å². The van der Waals surface area contributed by atoms with Crippen molar-refractivity contribution in [1.82, 2.24) is 9.80 Å². The minimum absolute atomic E-state index is 0.0683. The molecule has 0 aromatic heterocycles. The van der Waals surface area contributed by atoms with Gasteiger partial charge in [0.15, 0.2) is 0 Å². The summed E-state index contributed by atoms with van der Waals surface area (Å²) in [7, 11) is 1.75. The van der Waals surface area contributed by atoms with Crippen molar-refractivity contribution in [3.8, 4) is 0 Å². The summed E-state index contributed by atoms with van der Waals surface area (Å²) in [6, 6.07) is -0.0683. The number of aliphatic carboxylic acids is 1. The van der Waals surface area contributed by atoms with Crippen molar-refractivity contribution in [2.75, 3.05) is 26.7 Å². The molecule has 1 fully saturated rings. The number of carbonyl (C=O) groups excluding carboxylic acids is 1. The third-order valence-electron chi connectivity index (χ3n) is 2.47. The highest BCUT2D eigenvalue weighted by atomic mass is 16.4. The first-order valence-electron chi connectivity index (χ1n) is 5.14. The number of amides is 2. The van der Waals surface area contributed by atoms with E-state index in [1.165, 1.54) is 0 Å². The van der Waals surface area contributed by atoms with E-state index in [4.69, 9.17) is 5.11 Å². The lowest BCUT2D eigenvalue weighted by Gasteiger charge is -2.39. The molecule has 86 valence electrons. The molecule has 1 aliphatic rings. The maximum Gasteiger partial charge on any atom is 0.319 e. The van der Waals surface area contributed by atoms with Crippen LogP contribution in [0.1, 0.15) is 13.8 Å². The van der Waals surface area contributed by atoms with Crippen LogP contribution in [0, 0.1) is 11.8 Å². The van der Waals surface area contributed by atoms with Crippen LogP contribution in [0.3, 0.4) is 0 Å². The lowest BCUT2D eigenvalue weighted by molar-refractivity contribution is -0.146. The topological polar surface area (TPSA) is 60.9 Å². The van der Waals surface area contributed by atoms with Crippen molar-refractivity contribution >= 4 is 12.0 Å². The molecule has 0 aliphatic carbocycles. The first kappa shape index (κ1) is 11.8. The molecule has 1 aliphatic heterocycles. The average Bonchev–Trinajstić information content (AvgIpc) is 1.98. The zero-order valence-corrected chi connectivity index (χ0v) is 9.43. The van der Waals surface area contributed by atoms with Crippen LogP contribution in [0.5, 0.6) is 0 Å². The van der Waals surface area contributed by atoms with Crippen LogP contribution in [0.2, 0.25) is 0 Å². The van der Waals surface area contributed by atoms with Gasteiger partial charge in [-0.3, -0.25) is 4.79 Å². The van der Waals surface area contributed by atoms with Crippen LogP contribution in [-0.4, -0.2) is 53.6 Å². The Morgan fingerprint density at radius 1 is 1.47 bits per heavy atom. The minimum Gasteiger partial charge on any atom is -0.481 e. The zero-order valence-electron chi connectivity index (χ0n) is 9.43. The van der Waals surface area contributed by atoms with E-state index in [-0.39, 0.29) is 11.9 Å². The first-order valence-corrected chi connectivity index (χ1v) is 5.14. The Labute approximate surface area is 89.7 Å². The fraction of sp³-hybridized carbons (Fsp3) is 0.800. The summed E-state index contributed by atoms with van der Waals surface area (Å²) in [4.78, 5) is 25.4. The molecule has 0 bridgehead atoms. The van der Waals surface area contributed by atoms with Crippen molar-refractivity contribution in [2.45, 2.75) is 13.8 Å². The van der Waals surface area contributed by atoms with E-state index in [1.54, 1.807) is 16.8 Å². The molecule has 0 atom stereocenters. The highest BCUT2D eigenvalue weighted by Gasteiger charge is 2.36. The van der Waals surface area contributed by atoms with Crippen LogP contribution >= 0.6 is 0 Å². The van der Waals surface area contributed by atoms with E-state index < -0.39 is 5.97 Å². The number of likely N-dealkylation sites (tertiary alicyclic amines) is 1. The van der Waals surface area contributed by atoms with Crippen LogP contribution in [-0.2, 0) is 4.79 Å². The van der Waals surface area contributed by atoms with Gasteiger partial charge < -0.3 is 14.9 Å². The summed E-state index contributed by atoms with van der Waals surface area (Å²) in [5.41, 5.74) is 0. The second-order valence-corrected chi connectivity index (χ2v) is 4.50. The highest BCUT2D eigenvalue weighted by Crippen LogP contribution is 2.17. The predicted molar refractivity (Wildman–Crippen MR) is 55.6 cm³/mol. The van der Waals surface area contributed by atoms with Gasteiger partial charge >= 0.3 is 12.0 Å². The molecule has 1 saturated heterocycles. The summed E-state index contributed by atoms with van der Waals surface area (Å²) in [5, 5.41) is 8.67. The van der Waals surface area contributed by atoms with E-state index in [0.717, 1.165) is 0 Å². The maximum absolute atomic E-state index is 11.7. The molecule has 1 rings (SSSR count). The van der Waals surface area contributed by atoms with Crippen molar-refractivity contribution in [1.29, 1.82) is 0 Å². The SMILES string of the molecule is CC(C)CN(C)C(=O)N1CC(C(=O)O)C1. The molecular weight excluding hydrogens is 196 g/mol. The smallest absolute Gasteiger partial charge is 0.319 e. The van der Waals surface area contributed by atoms with E-state index in [1.807, 2.05) is 13.8 Å². The van der Waals surface area contributed by atoms with Gasteiger partial charge in [-0.2, -0.15) is 0 Å². The van der Waals surface area contributed by atoms with Crippen molar-refractivity contribution < 1.29 is 14.7 Å². The number of urea groups is 1. The van der Waals surface area contributed by atoms with Crippen molar-refractivity contribution in [2.24, 2.45) is 11.8 Å². The number of rotatable bonds is 3. The van der Waals surface area contributed by atoms with Gasteiger partial charge in [-0.15, -0.1) is 0 Å². The number of hydrogen-bond donors (Lipinski definition) is 1. The zero-order chi connectivity index (χ0) is 11.6. The standard InChI is InChI=1S/C10H18N2O3/c1-7(2)4-11(3)10(15)12-5-8(6-12)9(13)14/h7-8H,4-6H2,1-3H3,(H,13,14). The summed E-state index contributed by atoms with van der Waals surface area (Å²) in [6.45, 7) is 5.47. The van der Waals surface area contributed by atoms with E-state index in [9.17, 15) is 9.59 Å². The van der Waals surface area contributed by atoms with Gasteiger partial charge in [0.2, 0.25) is 0 Å². The molecule has 0 spiro atoms. The quantitative estimate of drug-likeness (QED) is 0.752. The molecule has 0 aromatic rings. The molecule has 1 N–H and O–H groups in total. The van der Waals surface area contributed by atoms with Gasteiger partial charge in [0, 0.05) is 26.7 Å².